The number of anilines is 1. The molecule has 0 atom stereocenters. The molecule has 1 saturated heterocycles. The van der Waals surface area contributed by atoms with Crippen LogP contribution in [0.5, 0.6) is 11.5 Å². The van der Waals surface area contributed by atoms with Crippen molar-refractivity contribution in [1.82, 2.24) is 0 Å². The van der Waals surface area contributed by atoms with Crippen LogP contribution in [-0.2, 0) is 4.79 Å². The molecule has 1 amide bonds. The van der Waals surface area contributed by atoms with Crippen molar-refractivity contribution >= 4 is 34.2 Å². The van der Waals surface area contributed by atoms with Crippen LogP contribution in [0.4, 0.5) is 11.4 Å². The predicted octanol–water partition coefficient (Wildman–Crippen LogP) is 8.15. The first kappa shape index (κ1) is 27.1. The Hall–Kier alpha value is -2.47. The molecule has 0 unspecified atom stereocenters. The second-order valence-corrected chi connectivity index (χ2v) is 9.87. The highest BCUT2D eigenvalue weighted by Gasteiger charge is 2.29. The molecule has 2 aromatic rings. The van der Waals surface area contributed by atoms with Crippen LogP contribution < -0.4 is 14.4 Å². The van der Waals surface area contributed by atoms with Crippen molar-refractivity contribution in [2.24, 2.45) is 4.99 Å². The third-order valence-corrected chi connectivity index (χ3v) is 6.88. The van der Waals surface area contributed by atoms with Gasteiger partial charge in [0.05, 0.1) is 30.3 Å². The van der Waals surface area contributed by atoms with Gasteiger partial charge in [-0.2, -0.15) is 0 Å². The fourth-order valence-corrected chi connectivity index (χ4v) is 4.80. The van der Waals surface area contributed by atoms with Gasteiger partial charge in [0, 0.05) is 0 Å². The van der Waals surface area contributed by atoms with E-state index in [9.17, 15) is 4.79 Å². The highest BCUT2D eigenvalue weighted by atomic mass is 32.2. The molecule has 1 fully saturated rings. The Kier molecular flexibility index (Phi) is 12.0. The highest BCUT2D eigenvalue weighted by molar-refractivity contribution is 8.15. The molecule has 1 aliphatic heterocycles. The van der Waals surface area contributed by atoms with Gasteiger partial charge in [0.15, 0.2) is 5.17 Å². The second-order valence-electron chi connectivity index (χ2n) is 8.93. The lowest BCUT2D eigenvalue weighted by atomic mass is 10.2. The summed E-state index contributed by atoms with van der Waals surface area (Å²) < 4.78 is 11.7. The fraction of sp³-hybridized carbons (Fsp3) is 0.517. The van der Waals surface area contributed by atoms with Crippen LogP contribution in [0.2, 0.25) is 0 Å². The number of rotatable bonds is 16. The first-order valence-electron chi connectivity index (χ1n) is 13.2. The van der Waals surface area contributed by atoms with E-state index in [1.807, 2.05) is 48.5 Å². The zero-order valence-corrected chi connectivity index (χ0v) is 22.2. The number of aliphatic imine (C=N–C) groups is 1. The normalized spacial score (nSPS) is 14.6. The zero-order valence-electron chi connectivity index (χ0n) is 21.3. The van der Waals surface area contributed by atoms with E-state index in [2.05, 4.69) is 13.8 Å². The van der Waals surface area contributed by atoms with Crippen LogP contribution in [0.25, 0.3) is 0 Å². The van der Waals surface area contributed by atoms with E-state index >= 15 is 0 Å². The lowest BCUT2D eigenvalue weighted by Gasteiger charge is -2.17. The van der Waals surface area contributed by atoms with Gasteiger partial charge in [-0.25, -0.2) is 4.99 Å². The lowest BCUT2D eigenvalue weighted by Crippen LogP contribution is -2.29. The van der Waals surface area contributed by atoms with Crippen LogP contribution in [-0.4, -0.2) is 30.0 Å². The van der Waals surface area contributed by atoms with Gasteiger partial charge >= 0.3 is 0 Å². The second kappa shape index (κ2) is 15.5. The summed E-state index contributed by atoms with van der Waals surface area (Å²) in [6.07, 6.45) is 12.2. The number of carbonyl (C=O) groups excluding carboxylic acids is 1. The minimum atomic E-state index is 0.0429. The Morgan fingerprint density at radius 2 is 1.26 bits per heavy atom. The maximum absolute atomic E-state index is 12.6. The molecule has 35 heavy (non-hydrogen) atoms. The molecule has 2 aromatic carbocycles. The largest absolute Gasteiger partial charge is 0.494 e. The van der Waals surface area contributed by atoms with Crippen LogP contribution in [0, 0.1) is 0 Å². The van der Waals surface area contributed by atoms with Gasteiger partial charge in [-0.05, 0) is 61.4 Å². The lowest BCUT2D eigenvalue weighted by molar-refractivity contribution is -0.115. The van der Waals surface area contributed by atoms with Gasteiger partial charge in [0.25, 0.3) is 0 Å². The minimum Gasteiger partial charge on any atom is -0.494 e. The molecule has 1 heterocycles. The molecule has 3 rings (SSSR count). The van der Waals surface area contributed by atoms with Crippen molar-refractivity contribution in [3.8, 4) is 11.5 Å². The Balaban J connectivity index is 1.52. The number of benzene rings is 2. The first-order valence-corrected chi connectivity index (χ1v) is 14.2. The molecule has 1 aliphatic rings. The number of ether oxygens (including phenoxy) is 2. The SMILES string of the molecule is CCCCCCCOc1ccc(N=C2SCC(=O)N2c2ccc(OCCCCCCC)cc2)cc1. The van der Waals surface area contributed by atoms with Crippen molar-refractivity contribution in [3.63, 3.8) is 0 Å². The highest BCUT2D eigenvalue weighted by Crippen LogP contribution is 2.30. The van der Waals surface area contributed by atoms with Crippen LogP contribution in [0.1, 0.15) is 78.1 Å². The van der Waals surface area contributed by atoms with Crippen LogP contribution in [0.3, 0.4) is 0 Å². The van der Waals surface area contributed by atoms with E-state index in [1.165, 1.54) is 63.1 Å². The summed E-state index contributed by atoms with van der Waals surface area (Å²) in [5.41, 5.74) is 1.63. The Labute approximate surface area is 215 Å². The van der Waals surface area contributed by atoms with Gasteiger partial charge in [-0.1, -0.05) is 77.0 Å². The van der Waals surface area contributed by atoms with Crippen molar-refractivity contribution in [3.05, 3.63) is 48.5 Å². The summed E-state index contributed by atoms with van der Waals surface area (Å²) in [5.74, 6) is 2.13. The quantitative estimate of drug-likeness (QED) is 0.220. The Morgan fingerprint density at radius 3 is 1.80 bits per heavy atom. The minimum absolute atomic E-state index is 0.0429. The monoisotopic (exact) mass is 496 g/mol. The van der Waals surface area contributed by atoms with Crippen molar-refractivity contribution < 1.29 is 14.3 Å². The number of amidine groups is 1. The summed E-state index contributed by atoms with van der Waals surface area (Å²) in [5, 5.41) is 0.698. The molecular formula is C29H40N2O3S. The summed E-state index contributed by atoms with van der Waals surface area (Å²) in [6.45, 7) is 5.92. The van der Waals surface area contributed by atoms with Gasteiger partial charge in [-0.15, -0.1) is 0 Å². The van der Waals surface area contributed by atoms with Gasteiger partial charge in [0.2, 0.25) is 5.91 Å². The van der Waals surface area contributed by atoms with E-state index in [4.69, 9.17) is 14.5 Å². The summed E-state index contributed by atoms with van der Waals surface area (Å²) in [4.78, 5) is 19.0. The Bertz CT molecular complexity index is 913. The third-order valence-electron chi connectivity index (χ3n) is 5.96. The number of hydrogen-bond acceptors (Lipinski definition) is 5. The van der Waals surface area contributed by atoms with Crippen molar-refractivity contribution in [2.75, 3.05) is 23.9 Å². The molecule has 0 aromatic heterocycles. The number of nitrogens with zero attached hydrogens (tertiary/aromatic N) is 2. The molecule has 0 N–H and O–H groups in total. The molecule has 0 saturated carbocycles. The van der Waals surface area contributed by atoms with Crippen molar-refractivity contribution in [2.45, 2.75) is 78.1 Å². The average molecular weight is 497 g/mol. The summed E-state index contributed by atoms with van der Waals surface area (Å²) in [7, 11) is 0. The van der Waals surface area contributed by atoms with Crippen LogP contribution in [0.15, 0.2) is 53.5 Å². The van der Waals surface area contributed by atoms with Gasteiger partial charge in [0.1, 0.15) is 11.5 Å². The molecule has 0 radical (unpaired) electrons. The van der Waals surface area contributed by atoms with Gasteiger partial charge in [-0.3, -0.25) is 9.69 Å². The average Bonchev–Trinajstić information content (AvgIpc) is 3.24. The van der Waals surface area contributed by atoms with Crippen LogP contribution >= 0.6 is 11.8 Å². The first-order chi connectivity index (χ1) is 17.2. The fourth-order valence-electron chi connectivity index (χ4n) is 3.91. The maximum atomic E-state index is 12.6. The molecule has 6 heteroatoms. The molecule has 190 valence electrons. The molecule has 0 spiro atoms. The smallest absolute Gasteiger partial charge is 0.243 e. The third kappa shape index (κ3) is 9.25. The number of hydrogen-bond donors (Lipinski definition) is 0. The molecule has 0 bridgehead atoms. The van der Waals surface area contributed by atoms with E-state index < -0.39 is 0 Å². The molecule has 0 aliphatic carbocycles. The summed E-state index contributed by atoms with van der Waals surface area (Å²) >= 11 is 1.47. The van der Waals surface area contributed by atoms with Gasteiger partial charge < -0.3 is 9.47 Å². The Morgan fingerprint density at radius 1 is 0.743 bits per heavy atom. The number of carbonyl (C=O) groups is 1. The topological polar surface area (TPSA) is 51.1 Å². The van der Waals surface area contributed by atoms with E-state index in [0.29, 0.717) is 10.9 Å². The number of thioether (sulfide) groups is 1. The zero-order chi connectivity index (χ0) is 24.7. The van der Waals surface area contributed by atoms with E-state index in [1.54, 1.807) is 4.90 Å². The molecular weight excluding hydrogens is 456 g/mol. The number of unbranched alkanes of at least 4 members (excludes halogenated alkanes) is 8. The van der Waals surface area contributed by atoms with E-state index in [-0.39, 0.29) is 5.91 Å². The summed E-state index contributed by atoms with van der Waals surface area (Å²) in [6, 6.07) is 15.5. The standard InChI is InChI=1S/C29H40N2O3S/c1-3-5-7-9-11-21-33-26-17-13-24(14-18-26)30-29-31(28(32)23-35-29)25-15-19-27(20-16-25)34-22-12-10-8-6-4-2/h13-20H,3-12,21-23H2,1-2H3. The maximum Gasteiger partial charge on any atom is 0.243 e. The molecule has 5 nitrogen and oxygen atoms in total. The number of amides is 1. The predicted molar refractivity (Wildman–Crippen MR) is 148 cm³/mol. The van der Waals surface area contributed by atoms with Crippen molar-refractivity contribution in [1.29, 1.82) is 0 Å². The van der Waals surface area contributed by atoms with E-state index in [0.717, 1.165) is 48.9 Å².